The first-order valence-electron chi connectivity index (χ1n) is 36.5. The van der Waals surface area contributed by atoms with E-state index in [1.165, 1.54) is 106 Å². The van der Waals surface area contributed by atoms with Crippen LogP contribution in [-0.2, 0) is 77.8 Å². The monoisotopic (exact) mass is 1600 g/mol. The summed E-state index contributed by atoms with van der Waals surface area (Å²) in [6, 6.07) is 25.2. The van der Waals surface area contributed by atoms with Gasteiger partial charge in [-0.25, -0.2) is 19.2 Å². The van der Waals surface area contributed by atoms with E-state index in [9.17, 15) is 83.7 Å². The molecule has 113 heavy (non-hydrogen) atoms. The average Bonchev–Trinajstić information content (AvgIpc) is 0.665. The molecule has 0 radical (unpaired) electrons. The van der Waals surface area contributed by atoms with Crippen LogP contribution >= 0.6 is 21.6 Å². The van der Waals surface area contributed by atoms with Crippen LogP contribution in [0.2, 0.25) is 0 Å². The van der Waals surface area contributed by atoms with E-state index in [-0.39, 0.29) is 75.8 Å². The number of ether oxygens (including phenoxy) is 11. The quantitative estimate of drug-likeness (QED) is 0.0106. The third kappa shape index (κ3) is 15.4. The van der Waals surface area contributed by atoms with Crippen LogP contribution in [-0.4, -0.2) is 218 Å². The van der Waals surface area contributed by atoms with Crippen molar-refractivity contribution in [1.82, 2.24) is 10.6 Å². The van der Waals surface area contributed by atoms with Gasteiger partial charge in [0.1, 0.15) is 78.8 Å². The summed E-state index contributed by atoms with van der Waals surface area (Å²) in [6.07, 6.45) is -19.3. The molecule has 5 aromatic rings. The largest absolute Gasteiger partial charge is 0.508 e. The van der Waals surface area contributed by atoms with Crippen LogP contribution in [0.5, 0.6) is 17.2 Å². The molecule has 2 amide bonds. The summed E-state index contributed by atoms with van der Waals surface area (Å²) < 4.78 is 66.0. The molecule has 2 saturated heterocycles. The molecule has 5 aliphatic carbocycles. The standard InChI is InChI=1S/C80H86N2O29S2/c1-38-49(108-73(96)66(92)60(42-19-12-9-13-20-42)82-71(94)43-21-14-10-15-22-43)35-80(100)70(110-72(95)44-23-16-11-17-24-44)68-77(7,69(93)67(106-40(3)84)59(38)76(80,5)6)52(32-53-79(68,37-104-53)111-41(4)85)109-75(98)103-28-30-113-112-29-27-102-74(97)81-47-31-54(105-39(2)61(47)87)107-50-34-78(99,51(86)36-83)33-46-56(50)65(91)58-57(63(46)89)62(88)45-25-18-26-48(101-8)55(45)64(58)90/h9-26,38-39,47,49-50,52-54,60-61,66,68,70,83,87,89,91-92,99-100H,27-37H2,1-8H3,(H,81,97)(H,82,94)/t38?,39?,47?,49?,50?,52-,53?,54?,60-,61?,66+,68-,70?,77+,78?,79-,80+/m0/s1. The summed E-state index contributed by atoms with van der Waals surface area (Å²) in [4.78, 5) is 156. The molecule has 12 rings (SSSR count). The number of rotatable bonds is 24. The van der Waals surface area contributed by atoms with Crippen molar-refractivity contribution < 1.29 is 141 Å². The Morgan fingerprint density at radius 1 is 0.735 bits per heavy atom. The maximum atomic E-state index is 16.5. The van der Waals surface area contributed by atoms with Crippen molar-refractivity contribution in [2.75, 3.05) is 45.0 Å². The molecule has 5 aromatic carbocycles. The second-order valence-electron chi connectivity index (χ2n) is 29.6. The van der Waals surface area contributed by atoms with E-state index in [4.69, 9.17) is 52.1 Å². The van der Waals surface area contributed by atoms with Gasteiger partial charge >= 0.3 is 36.1 Å². The molecule has 2 bridgehead atoms. The van der Waals surface area contributed by atoms with Crippen LogP contribution < -0.4 is 15.4 Å². The summed E-state index contributed by atoms with van der Waals surface area (Å²) in [5, 5.41) is 88.3. The lowest BCUT2D eigenvalue weighted by Gasteiger charge is -2.67. The molecule has 10 unspecified atom stereocenters. The Kier molecular flexibility index (Phi) is 24.1. The topological polar surface area (TPSA) is 455 Å². The number of nitrogens with one attached hydrogen (secondary N) is 2. The number of hydrogen-bond donors (Lipinski definition) is 9. The van der Waals surface area contributed by atoms with Crippen LogP contribution in [0, 0.1) is 22.7 Å². The highest BCUT2D eigenvalue weighted by atomic mass is 33.1. The fourth-order valence-corrected chi connectivity index (χ4v) is 18.6. The number of Topliss-reactive ketones (excluding diaryl/α,β-unsaturated/α-hetero) is 2. The van der Waals surface area contributed by atoms with Crippen molar-refractivity contribution in [2.24, 2.45) is 22.7 Å². The maximum absolute atomic E-state index is 16.5. The van der Waals surface area contributed by atoms with Gasteiger partial charge < -0.3 is 98.5 Å². The highest BCUT2D eigenvalue weighted by molar-refractivity contribution is 8.76. The minimum absolute atomic E-state index is 0.000527. The predicted octanol–water partition coefficient (Wildman–Crippen LogP) is 6.27. The fraction of sp³-hybridized carbons (Fsp3) is 0.463. The molecule has 2 heterocycles. The van der Waals surface area contributed by atoms with Crippen LogP contribution in [0.15, 0.2) is 121 Å². The van der Waals surface area contributed by atoms with Crippen LogP contribution in [0.25, 0.3) is 0 Å². The molecule has 9 N–H and O–H groups in total. The Morgan fingerprint density at radius 2 is 1.37 bits per heavy atom. The zero-order valence-corrected chi connectivity index (χ0v) is 64.2. The van der Waals surface area contributed by atoms with Crippen molar-refractivity contribution >= 4 is 86.8 Å². The maximum Gasteiger partial charge on any atom is 0.508 e. The summed E-state index contributed by atoms with van der Waals surface area (Å²) in [5.74, 6) is -14.0. The van der Waals surface area contributed by atoms with Crippen LogP contribution in [0.3, 0.4) is 0 Å². The summed E-state index contributed by atoms with van der Waals surface area (Å²) in [6.45, 7) is 7.20. The average molecular weight is 1600 g/mol. The number of fused-ring (bicyclic) bond motifs is 8. The number of ketones is 4. The molecule has 33 heteroatoms. The number of phenols is 2. The van der Waals surface area contributed by atoms with E-state index >= 15 is 4.79 Å². The lowest BCUT2D eigenvalue weighted by Crippen LogP contribution is -2.81. The van der Waals surface area contributed by atoms with Crippen LogP contribution in [0.4, 0.5) is 9.59 Å². The van der Waals surface area contributed by atoms with Crippen molar-refractivity contribution in [1.29, 1.82) is 0 Å². The Bertz CT molecular complexity index is 4620. The Balaban J connectivity index is 0.731. The molecule has 0 aromatic heterocycles. The lowest BCUT2D eigenvalue weighted by atomic mass is 9.45. The van der Waals surface area contributed by atoms with Gasteiger partial charge in [-0.2, -0.15) is 0 Å². The van der Waals surface area contributed by atoms with Gasteiger partial charge in [-0.05, 0) is 55.3 Å². The number of allylic oxidation sites excluding steroid dienone is 1. The number of alkyl carbamates (subject to hydrolysis) is 1. The normalized spacial score (nSPS) is 29.0. The van der Waals surface area contributed by atoms with E-state index in [2.05, 4.69) is 10.6 Å². The molecule has 31 nitrogen and oxygen atoms in total. The number of methoxy groups -OCH3 is 1. The molecule has 4 fully saturated rings. The molecule has 17 atom stereocenters. The van der Waals surface area contributed by atoms with Crippen molar-refractivity contribution in [3.8, 4) is 17.2 Å². The van der Waals surface area contributed by atoms with Crippen molar-refractivity contribution in [3.05, 3.63) is 171 Å². The molecule has 0 spiro atoms. The van der Waals surface area contributed by atoms with E-state index in [1.807, 2.05) is 0 Å². The van der Waals surface area contributed by atoms with Gasteiger partial charge in [0.2, 0.25) is 11.6 Å². The number of carbonyl (C=O) groups excluding carboxylic acids is 11. The fourth-order valence-electron chi connectivity index (χ4n) is 17.0. The highest BCUT2D eigenvalue weighted by Gasteiger charge is 2.79. The Morgan fingerprint density at radius 3 is 1.99 bits per heavy atom. The molecule has 2 aliphatic heterocycles. The Labute approximate surface area is 655 Å². The second kappa shape index (κ2) is 33.0. The lowest BCUT2D eigenvalue weighted by molar-refractivity contribution is -0.345. The van der Waals surface area contributed by atoms with E-state index in [1.54, 1.807) is 66.7 Å². The van der Waals surface area contributed by atoms with Crippen LogP contribution in [0.1, 0.15) is 156 Å². The summed E-state index contributed by atoms with van der Waals surface area (Å²) in [5.41, 5.74) is -13.1. The van der Waals surface area contributed by atoms with Gasteiger partial charge in [0, 0.05) is 91.0 Å². The molecule has 7 aliphatic rings. The smallest absolute Gasteiger partial charge is 0.507 e. The number of esters is 4. The third-order valence-electron chi connectivity index (χ3n) is 22.6. The minimum Gasteiger partial charge on any atom is -0.507 e. The first-order valence-corrected chi connectivity index (χ1v) is 38.9. The number of phenolic OH excluding ortho intramolecular Hbond substituents is 2. The van der Waals surface area contributed by atoms with Crippen molar-refractivity contribution in [2.45, 2.75) is 165 Å². The molecule has 2 saturated carbocycles. The third-order valence-corrected chi connectivity index (χ3v) is 25.0. The first-order chi connectivity index (χ1) is 53.6. The number of benzene rings is 5. The SMILES string of the molecule is COc1cccc2c1C(=O)c1c(O)c3c(c(O)c1C2=O)CC(O)(C(=O)CO)CC3OC1CC(NC(=O)OCCSSCCOC(=O)O[C@H]2CC3OC[C@@]3(OC(C)=O)[C@H]3C(OC(=O)c4ccccc4)[C@]4(O)CC(OC(=O)[C@H](O)[C@@H](NC(=O)c5ccccc5)c5ccccc5)C(C)C(=C(OC(C)=O)C(=O)[C@]23C)C4(C)C)C(O)C(C)O1. The molecular formula is C80H86N2O29S2. The number of hydrogen-bond acceptors (Lipinski definition) is 31. The van der Waals surface area contributed by atoms with E-state index in [0.29, 0.717) is 5.56 Å². The summed E-state index contributed by atoms with van der Waals surface area (Å²) >= 11 is 0. The number of aliphatic hydroxyl groups is 5. The number of aromatic hydroxyl groups is 2. The van der Waals surface area contributed by atoms with Gasteiger partial charge in [-0.15, -0.1) is 0 Å². The first kappa shape index (κ1) is 82.6. The second-order valence-corrected chi connectivity index (χ2v) is 32.3. The zero-order valence-electron chi connectivity index (χ0n) is 62.6. The van der Waals surface area contributed by atoms with E-state index in [0.717, 1.165) is 13.8 Å². The van der Waals surface area contributed by atoms with E-state index < -0.39 is 239 Å². The van der Waals surface area contributed by atoms with Gasteiger partial charge in [-0.1, -0.05) is 121 Å². The minimum atomic E-state index is -2.60. The highest BCUT2D eigenvalue weighted by Crippen LogP contribution is 2.66. The summed E-state index contributed by atoms with van der Waals surface area (Å²) in [7, 11) is 3.63. The number of amides is 2. The van der Waals surface area contributed by atoms with Crippen molar-refractivity contribution in [3.63, 3.8) is 0 Å². The zero-order chi connectivity index (χ0) is 81.6. The molecular weight excluding hydrogens is 1520 g/mol. The van der Waals surface area contributed by atoms with Gasteiger partial charge in [0.05, 0.1) is 71.6 Å². The molecule has 602 valence electrons. The number of carbonyl (C=O) groups is 11. The van der Waals surface area contributed by atoms with Gasteiger partial charge in [0.25, 0.3) is 5.91 Å². The Hall–Kier alpha value is -9.81. The predicted molar refractivity (Wildman–Crippen MR) is 395 cm³/mol. The number of aliphatic hydroxyl groups excluding tert-OH is 3. The van der Waals surface area contributed by atoms with Gasteiger partial charge in [-0.3, -0.25) is 33.6 Å². The van der Waals surface area contributed by atoms with Gasteiger partial charge in [0.15, 0.2) is 35.3 Å².